The number of aromatic nitrogens is 6. The summed E-state index contributed by atoms with van der Waals surface area (Å²) in [6.45, 7) is 0.763. The second-order valence-corrected chi connectivity index (χ2v) is 17.1. The number of carboxylic acids is 3. The lowest BCUT2D eigenvalue weighted by molar-refractivity contribution is -0.687. The van der Waals surface area contributed by atoms with Gasteiger partial charge in [-0.2, -0.15) is 0 Å². The highest BCUT2D eigenvalue weighted by Crippen LogP contribution is 2.26. The first kappa shape index (κ1) is 57.1. The number of halogens is 9. The van der Waals surface area contributed by atoms with E-state index in [-0.39, 0.29) is 50.9 Å². The monoisotopic (exact) mass is 1250 g/mol. The summed E-state index contributed by atoms with van der Waals surface area (Å²) >= 11 is 40.9. The molecule has 3 heterocycles. The van der Waals surface area contributed by atoms with Crippen molar-refractivity contribution in [3.8, 4) is 17.2 Å². The summed E-state index contributed by atoms with van der Waals surface area (Å²) in [5, 5.41) is 28.7. The number of rotatable bonds is 21. The second kappa shape index (κ2) is 26.1. The molecule has 15 nitrogen and oxygen atoms in total. The highest BCUT2D eigenvalue weighted by Gasteiger charge is 2.25. The van der Waals surface area contributed by atoms with E-state index in [1.165, 1.54) is 0 Å². The van der Waals surface area contributed by atoms with Crippen LogP contribution in [0.15, 0.2) is 110 Å². The zero-order valence-corrected chi connectivity index (χ0v) is 44.9. The van der Waals surface area contributed by atoms with Gasteiger partial charge in [0.05, 0.1) is 0 Å². The first-order valence-corrected chi connectivity index (χ1v) is 22.1. The van der Waals surface area contributed by atoms with Crippen molar-refractivity contribution in [2.45, 2.75) is 39.3 Å². The van der Waals surface area contributed by atoms with Gasteiger partial charge in [-0.1, -0.05) is 36.4 Å². The molecule has 0 saturated heterocycles. The first-order chi connectivity index (χ1) is 31.6. The Morgan fingerprint density at radius 2 is 0.638 bits per heavy atom. The maximum absolute atomic E-state index is 10.9. The van der Waals surface area contributed by atoms with E-state index in [0.29, 0.717) is 87.4 Å². The number of hydrogen-bond acceptors (Lipinski definition) is 6. The molecule has 0 aliphatic carbocycles. The fourth-order valence-electron chi connectivity index (χ4n) is 6.98. The molecule has 0 atom stereocenters. The van der Waals surface area contributed by atoms with Gasteiger partial charge in [-0.15, -0.1) is 0 Å². The van der Waals surface area contributed by atoms with Crippen LogP contribution in [0.25, 0.3) is 0 Å². The van der Waals surface area contributed by atoms with Gasteiger partial charge in [0.2, 0.25) is 19.0 Å². The molecule has 4 aromatic carbocycles. The van der Waals surface area contributed by atoms with Crippen LogP contribution in [0.5, 0.6) is 17.2 Å². The number of hydrogen-bond donors (Lipinski definition) is 3. The molecule has 0 amide bonds. The normalized spacial score (nSPS) is 10.7. The molecule has 3 aromatic heterocycles. The third kappa shape index (κ3) is 15.5. The molecular weight excluding hydrogens is 1220 g/mol. The van der Waals surface area contributed by atoms with Crippen LogP contribution in [0.2, 0.25) is 30.9 Å². The van der Waals surface area contributed by atoms with Crippen molar-refractivity contribution in [3.05, 3.63) is 174 Å². The van der Waals surface area contributed by atoms with Crippen molar-refractivity contribution >= 4 is 87.5 Å². The standard InChI is InChI=1S/C45H36Cl6N6O9.3BrH/c46-40-43(49)55(25-52(40)16-28-1-7-34(8-2-28)64-22-37(58)59)19-31-13-32(20-56-26-53(41(47)44(56)50)17-29-3-9-35(10-4-29)65-23-38(60)61)15-33(14-31)21-57-27-54(42(48)45(57)51)18-30-5-11-36(12-6-30)66-24-39(62)63;;;/h1-15,25-27H,16-24H2;3*1H. The smallest absolute Gasteiger partial charge is 0.341 e. The Morgan fingerprint density at radius 1 is 0.406 bits per heavy atom. The van der Waals surface area contributed by atoms with E-state index in [0.717, 1.165) is 33.4 Å². The first-order valence-electron chi connectivity index (χ1n) is 19.8. The Labute approximate surface area is 456 Å². The van der Waals surface area contributed by atoms with Crippen molar-refractivity contribution in [2.24, 2.45) is 0 Å². The largest absolute Gasteiger partial charge is 1.00 e. The minimum Gasteiger partial charge on any atom is -1.00 e. The zero-order valence-electron chi connectivity index (χ0n) is 35.6. The molecule has 0 spiro atoms. The Hall–Kier alpha value is -4.50. The highest BCUT2D eigenvalue weighted by atomic mass is 79.9. The van der Waals surface area contributed by atoms with Crippen molar-refractivity contribution in [1.29, 1.82) is 0 Å². The van der Waals surface area contributed by atoms with Crippen LogP contribution in [0.4, 0.5) is 0 Å². The van der Waals surface area contributed by atoms with Gasteiger partial charge in [0.1, 0.15) is 56.5 Å². The number of ether oxygens (including phenoxy) is 3. The minimum atomic E-state index is -1.07. The molecule has 24 heteroatoms. The SMILES string of the molecule is O=C(O)COc1ccc(Cn2c[n+](Cc3cc(C[n+]4cn(Cc5ccc(OCC(=O)O)cc5)c(Cl)c4Cl)cc(C[n+]4cn(Cc5ccc(OCC(=O)O)cc5)c(Cl)c4Cl)c3)c(Cl)c2Cl)cc1.[Br-].[Br-].[Br-]. The molecule has 0 radical (unpaired) electrons. The summed E-state index contributed by atoms with van der Waals surface area (Å²) in [5.41, 5.74) is 5.27. The van der Waals surface area contributed by atoms with E-state index in [1.807, 2.05) is 87.3 Å². The number of imidazole rings is 3. The number of nitrogens with zero attached hydrogens (tertiary/aromatic N) is 6. The summed E-state index contributed by atoms with van der Waals surface area (Å²) in [7, 11) is 0. The van der Waals surface area contributed by atoms with Crippen LogP contribution in [0, 0.1) is 0 Å². The van der Waals surface area contributed by atoms with Gasteiger partial charge in [0, 0.05) is 0 Å². The van der Waals surface area contributed by atoms with Crippen LogP contribution in [-0.2, 0) is 53.7 Å². The number of carbonyl (C=O) groups is 3. The van der Waals surface area contributed by atoms with E-state index >= 15 is 0 Å². The van der Waals surface area contributed by atoms with Gasteiger partial charge in [0.25, 0.3) is 30.9 Å². The number of benzene rings is 4. The van der Waals surface area contributed by atoms with Crippen LogP contribution in [0.3, 0.4) is 0 Å². The van der Waals surface area contributed by atoms with Crippen LogP contribution in [-0.4, -0.2) is 66.7 Å². The second-order valence-electron chi connectivity index (χ2n) is 15.0. The van der Waals surface area contributed by atoms with Gasteiger partial charge < -0.3 is 80.5 Å². The fourth-order valence-corrected chi connectivity index (χ4v) is 8.25. The molecule has 0 aliphatic rings. The summed E-state index contributed by atoms with van der Waals surface area (Å²) in [5.74, 6) is -1.94. The van der Waals surface area contributed by atoms with Gasteiger partial charge in [0.15, 0.2) is 19.8 Å². The van der Waals surface area contributed by atoms with Crippen molar-refractivity contribution in [1.82, 2.24) is 13.7 Å². The summed E-state index contributed by atoms with van der Waals surface area (Å²) in [6.07, 6.45) is 5.45. The van der Waals surface area contributed by atoms with Gasteiger partial charge >= 0.3 is 17.9 Å². The van der Waals surface area contributed by atoms with Crippen molar-refractivity contribution < 1.29 is 109 Å². The summed E-state index contributed by atoms with van der Waals surface area (Å²) in [4.78, 5) is 32.7. The Kier molecular flexibility index (Phi) is 21.6. The lowest BCUT2D eigenvalue weighted by Gasteiger charge is -2.08. The molecule has 0 fully saturated rings. The number of aliphatic carboxylic acids is 3. The van der Waals surface area contributed by atoms with Crippen LogP contribution in [0.1, 0.15) is 33.4 Å². The summed E-state index contributed by atoms with van der Waals surface area (Å²) in [6, 6.07) is 27.1. The molecule has 69 heavy (non-hydrogen) atoms. The average molecular weight is 1260 g/mol. The van der Waals surface area contributed by atoms with Gasteiger partial charge in [-0.05, 0) is 158 Å². The van der Waals surface area contributed by atoms with E-state index in [4.69, 9.17) is 99.1 Å². The third-order valence-corrected chi connectivity index (χ3v) is 12.6. The summed E-state index contributed by atoms with van der Waals surface area (Å²) < 4.78 is 26.7. The maximum atomic E-state index is 10.9. The molecule has 0 bridgehead atoms. The zero-order chi connectivity index (χ0) is 47.1. The molecule has 0 unspecified atom stereocenters. The predicted octanol–water partition coefficient (Wildman–Crippen LogP) is -1.43. The molecule has 0 saturated carbocycles. The lowest BCUT2D eigenvalue weighted by atomic mass is 10.0. The Morgan fingerprint density at radius 3 is 0.855 bits per heavy atom. The van der Waals surface area contributed by atoms with Gasteiger partial charge in [-0.25, -0.2) is 41.8 Å². The predicted molar refractivity (Wildman–Crippen MR) is 244 cm³/mol. The molecule has 7 rings (SSSR count). The fraction of sp³-hybridized carbons (Fsp3) is 0.200. The van der Waals surface area contributed by atoms with Gasteiger partial charge in [-0.3, -0.25) is 0 Å². The van der Waals surface area contributed by atoms with E-state index in [2.05, 4.69) is 0 Å². The third-order valence-electron chi connectivity index (χ3n) is 9.95. The molecule has 366 valence electrons. The molecule has 7 aromatic rings. The average Bonchev–Trinajstić information content (AvgIpc) is 3.81. The molecule has 3 N–H and O–H groups in total. The Bertz CT molecular complexity index is 2580. The number of carboxylic acid groups (broad SMARTS) is 3. The van der Waals surface area contributed by atoms with Crippen LogP contribution >= 0.6 is 69.6 Å². The van der Waals surface area contributed by atoms with E-state index < -0.39 is 37.7 Å². The molecule has 0 aliphatic heterocycles. The Balaban J connectivity index is 0.00000346. The van der Waals surface area contributed by atoms with Crippen LogP contribution < -0.4 is 78.9 Å². The maximum Gasteiger partial charge on any atom is 0.341 e. The molecular formula is C45H39Br3Cl6N6O9. The lowest BCUT2D eigenvalue weighted by Crippen LogP contribution is -3.00. The quantitative estimate of drug-likeness (QED) is 0.0733. The topological polar surface area (TPSA) is 166 Å². The minimum absolute atomic E-state index is 0. The van der Waals surface area contributed by atoms with Crippen molar-refractivity contribution in [2.75, 3.05) is 19.8 Å². The highest BCUT2D eigenvalue weighted by molar-refractivity contribution is 6.40. The van der Waals surface area contributed by atoms with Crippen molar-refractivity contribution in [3.63, 3.8) is 0 Å². The van der Waals surface area contributed by atoms with E-state index in [1.54, 1.807) is 50.1 Å². The van der Waals surface area contributed by atoms with E-state index in [9.17, 15) is 14.4 Å².